The Morgan fingerprint density at radius 1 is 1.05 bits per heavy atom. The van der Waals surface area contributed by atoms with Crippen LogP contribution in [0.2, 0.25) is 0 Å². The van der Waals surface area contributed by atoms with Crippen LogP contribution in [-0.2, 0) is 14.3 Å². The van der Waals surface area contributed by atoms with Gasteiger partial charge in [0.15, 0.2) is 0 Å². The molecule has 0 aliphatic carbocycles. The first-order valence-corrected chi connectivity index (χ1v) is 7.83. The molecule has 0 aromatic heterocycles. The van der Waals surface area contributed by atoms with Gasteiger partial charge in [0.1, 0.15) is 11.2 Å². The SMILES string of the molecule is CC(C)(C)OC(=O)C1CNCC12CN(C(=O)OC(C)(C)C)C2. The number of hydrogen-bond acceptors (Lipinski definition) is 5. The van der Waals surface area contributed by atoms with Gasteiger partial charge in [-0.05, 0) is 41.5 Å². The number of nitrogens with zero attached hydrogens (tertiary/aromatic N) is 1. The van der Waals surface area contributed by atoms with E-state index in [9.17, 15) is 9.59 Å². The van der Waals surface area contributed by atoms with Gasteiger partial charge in [-0.25, -0.2) is 4.79 Å². The van der Waals surface area contributed by atoms with Crippen LogP contribution in [0.1, 0.15) is 41.5 Å². The van der Waals surface area contributed by atoms with Gasteiger partial charge in [0, 0.05) is 31.6 Å². The second kappa shape index (κ2) is 5.41. The summed E-state index contributed by atoms with van der Waals surface area (Å²) in [7, 11) is 0. The van der Waals surface area contributed by atoms with Gasteiger partial charge < -0.3 is 19.7 Å². The number of likely N-dealkylation sites (tertiary alicyclic amines) is 1. The molecule has 0 bridgehead atoms. The van der Waals surface area contributed by atoms with Gasteiger partial charge in [-0.3, -0.25) is 4.79 Å². The van der Waals surface area contributed by atoms with E-state index in [0.29, 0.717) is 19.6 Å². The van der Waals surface area contributed by atoms with E-state index >= 15 is 0 Å². The van der Waals surface area contributed by atoms with E-state index in [4.69, 9.17) is 9.47 Å². The Balaban J connectivity index is 1.96. The molecule has 1 spiro atoms. The molecular formula is C16H28N2O4. The smallest absolute Gasteiger partial charge is 0.410 e. The zero-order valence-electron chi connectivity index (χ0n) is 14.5. The maximum Gasteiger partial charge on any atom is 0.410 e. The maximum absolute atomic E-state index is 12.4. The van der Waals surface area contributed by atoms with Gasteiger partial charge in [0.25, 0.3) is 0 Å². The summed E-state index contributed by atoms with van der Waals surface area (Å²) < 4.78 is 10.9. The third-order valence-electron chi connectivity index (χ3n) is 3.92. The number of esters is 1. The van der Waals surface area contributed by atoms with E-state index in [1.807, 2.05) is 41.5 Å². The highest BCUT2D eigenvalue weighted by Crippen LogP contribution is 2.42. The molecule has 2 fully saturated rings. The summed E-state index contributed by atoms with van der Waals surface area (Å²) in [5.74, 6) is -0.383. The lowest BCUT2D eigenvalue weighted by molar-refractivity contribution is -0.167. The quantitative estimate of drug-likeness (QED) is 0.748. The molecule has 6 heteroatoms. The van der Waals surface area contributed by atoms with Gasteiger partial charge >= 0.3 is 12.1 Å². The summed E-state index contributed by atoms with van der Waals surface area (Å²) >= 11 is 0. The normalized spacial score (nSPS) is 24.1. The van der Waals surface area contributed by atoms with Crippen LogP contribution in [0.25, 0.3) is 0 Å². The van der Waals surface area contributed by atoms with Gasteiger partial charge in [0.2, 0.25) is 0 Å². The minimum atomic E-state index is -0.502. The van der Waals surface area contributed by atoms with Crippen LogP contribution in [0.4, 0.5) is 4.79 Å². The fourth-order valence-electron chi connectivity index (χ4n) is 3.01. The first kappa shape index (κ1) is 17.1. The Morgan fingerprint density at radius 2 is 1.59 bits per heavy atom. The number of carbonyl (C=O) groups is 2. The molecule has 2 aliphatic heterocycles. The zero-order chi connectivity index (χ0) is 16.8. The van der Waals surface area contributed by atoms with Gasteiger partial charge in [-0.1, -0.05) is 0 Å². The number of ether oxygens (including phenoxy) is 2. The van der Waals surface area contributed by atoms with Crippen molar-refractivity contribution in [2.75, 3.05) is 26.2 Å². The lowest BCUT2D eigenvalue weighted by Crippen LogP contribution is -2.64. The monoisotopic (exact) mass is 312 g/mol. The van der Waals surface area contributed by atoms with Crippen molar-refractivity contribution in [1.29, 1.82) is 0 Å². The number of carbonyl (C=O) groups excluding carboxylic acids is 2. The zero-order valence-corrected chi connectivity index (χ0v) is 14.5. The topological polar surface area (TPSA) is 67.9 Å². The molecule has 0 aromatic rings. The van der Waals surface area contributed by atoms with Gasteiger partial charge in [-0.2, -0.15) is 0 Å². The van der Waals surface area contributed by atoms with Crippen molar-refractivity contribution in [2.24, 2.45) is 11.3 Å². The van der Waals surface area contributed by atoms with Crippen LogP contribution in [-0.4, -0.2) is 54.3 Å². The van der Waals surface area contributed by atoms with Crippen LogP contribution >= 0.6 is 0 Å². The van der Waals surface area contributed by atoms with Crippen LogP contribution in [0.5, 0.6) is 0 Å². The summed E-state index contributed by atoms with van der Waals surface area (Å²) in [6.45, 7) is 13.6. The average molecular weight is 312 g/mol. The standard InChI is InChI=1S/C16H28N2O4/c1-14(2,3)21-12(19)11-7-17-8-16(11)9-18(10-16)13(20)22-15(4,5)6/h11,17H,7-10H2,1-6H3. The van der Waals surface area contributed by atoms with E-state index in [1.165, 1.54) is 0 Å². The molecule has 1 amide bonds. The molecule has 0 aromatic carbocycles. The van der Waals surface area contributed by atoms with E-state index in [-0.39, 0.29) is 23.4 Å². The van der Waals surface area contributed by atoms with Gasteiger partial charge in [-0.15, -0.1) is 0 Å². The summed E-state index contributed by atoms with van der Waals surface area (Å²) in [6.07, 6.45) is -0.312. The van der Waals surface area contributed by atoms with Gasteiger partial charge in [0.05, 0.1) is 5.92 Å². The van der Waals surface area contributed by atoms with Crippen molar-refractivity contribution in [1.82, 2.24) is 10.2 Å². The number of rotatable bonds is 1. The minimum Gasteiger partial charge on any atom is -0.460 e. The minimum absolute atomic E-state index is 0.179. The van der Waals surface area contributed by atoms with Crippen molar-refractivity contribution < 1.29 is 19.1 Å². The van der Waals surface area contributed by atoms with E-state index in [0.717, 1.165) is 6.54 Å². The summed E-state index contributed by atoms with van der Waals surface area (Å²) in [4.78, 5) is 26.1. The molecule has 1 unspecified atom stereocenters. The molecule has 0 radical (unpaired) electrons. The van der Waals surface area contributed by atoms with E-state index < -0.39 is 11.2 Å². The number of nitrogens with one attached hydrogen (secondary N) is 1. The van der Waals surface area contributed by atoms with Crippen molar-refractivity contribution in [3.63, 3.8) is 0 Å². The lowest BCUT2D eigenvalue weighted by Gasteiger charge is -2.50. The largest absolute Gasteiger partial charge is 0.460 e. The Labute approximate surface area is 132 Å². The third-order valence-corrected chi connectivity index (χ3v) is 3.92. The maximum atomic E-state index is 12.4. The second-order valence-electron chi connectivity index (χ2n) is 8.42. The highest BCUT2D eigenvalue weighted by atomic mass is 16.6. The van der Waals surface area contributed by atoms with E-state index in [2.05, 4.69) is 5.32 Å². The average Bonchev–Trinajstić information content (AvgIpc) is 2.65. The van der Waals surface area contributed by atoms with Crippen LogP contribution < -0.4 is 5.32 Å². The predicted octanol–water partition coefficient (Wildman–Crippen LogP) is 1.78. The van der Waals surface area contributed by atoms with Crippen molar-refractivity contribution in [2.45, 2.75) is 52.7 Å². The first-order valence-electron chi connectivity index (χ1n) is 7.83. The first-order chi connectivity index (χ1) is 9.92. The molecule has 1 atom stereocenters. The molecule has 2 saturated heterocycles. The van der Waals surface area contributed by atoms with Crippen molar-refractivity contribution in [3.8, 4) is 0 Å². The molecule has 0 saturated carbocycles. The molecular weight excluding hydrogens is 284 g/mol. The van der Waals surface area contributed by atoms with Crippen LogP contribution in [0.3, 0.4) is 0 Å². The molecule has 2 aliphatic rings. The second-order valence-corrected chi connectivity index (χ2v) is 8.42. The molecule has 6 nitrogen and oxygen atoms in total. The predicted molar refractivity (Wildman–Crippen MR) is 82.4 cm³/mol. The molecule has 22 heavy (non-hydrogen) atoms. The van der Waals surface area contributed by atoms with Crippen LogP contribution in [0, 0.1) is 11.3 Å². The number of amides is 1. The Kier molecular flexibility index (Phi) is 4.19. The highest BCUT2D eigenvalue weighted by molar-refractivity contribution is 5.76. The summed E-state index contributed by atoms with van der Waals surface area (Å²) in [5.41, 5.74) is -1.20. The molecule has 1 N–H and O–H groups in total. The van der Waals surface area contributed by atoms with Crippen LogP contribution in [0.15, 0.2) is 0 Å². The highest BCUT2D eigenvalue weighted by Gasteiger charge is 2.57. The Bertz CT molecular complexity index is 456. The summed E-state index contributed by atoms with van der Waals surface area (Å²) in [6, 6.07) is 0. The molecule has 2 rings (SSSR count). The molecule has 126 valence electrons. The summed E-state index contributed by atoms with van der Waals surface area (Å²) in [5, 5.41) is 3.26. The Hall–Kier alpha value is -1.30. The third kappa shape index (κ3) is 3.72. The number of hydrogen-bond donors (Lipinski definition) is 1. The Morgan fingerprint density at radius 3 is 2.09 bits per heavy atom. The lowest BCUT2D eigenvalue weighted by atomic mass is 9.71. The van der Waals surface area contributed by atoms with Crippen molar-refractivity contribution in [3.05, 3.63) is 0 Å². The van der Waals surface area contributed by atoms with E-state index in [1.54, 1.807) is 4.90 Å². The molecule has 2 heterocycles. The van der Waals surface area contributed by atoms with Crippen molar-refractivity contribution >= 4 is 12.1 Å². The fourth-order valence-corrected chi connectivity index (χ4v) is 3.01. The fraction of sp³-hybridized carbons (Fsp3) is 0.875.